The van der Waals surface area contributed by atoms with Crippen LogP contribution in [0.3, 0.4) is 0 Å². The van der Waals surface area contributed by atoms with Crippen LogP contribution in [0.2, 0.25) is 0 Å². The van der Waals surface area contributed by atoms with Crippen molar-refractivity contribution in [2.24, 2.45) is 0 Å². The molecule has 2 N–H and O–H groups in total. The van der Waals surface area contributed by atoms with Gasteiger partial charge in [0.1, 0.15) is 18.1 Å². The molecule has 3 aromatic rings. The lowest BCUT2D eigenvalue weighted by Crippen LogP contribution is -2.61. The molecule has 2 unspecified atom stereocenters. The number of aromatic nitrogens is 3. The smallest absolute Gasteiger partial charge is 0.261 e. The molecule has 3 fully saturated rings. The molecule has 6 heterocycles. The second-order valence-corrected chi connectivity index (χ2v) is 8.61. The summed E-state index contributed by atoms with van der Waals surface area (Å²) in [6, 6.07) is 2.98. The highest BCUT2D eigenvalue weighted by atomic mass is 79.9. The first-order chi connectivity index (χ1) is 14.6. The summed E-state index contributed by atoms with van der Waals surface area (Å²) in [6.45, 7) is 1.10. The van der Waals surface area contributed by atoms with E-state index in [1.807, 2.05) is 23.0 Å². The maximum atomic E-state index is 12.7. The average Bonchev–Trinajstić information content (AvgIpc) is 3.40. The van der Waals surface area contributed by atoms with Crippen molar-refractivity contribution in [3.63, 3.8) is 0 Å². The first-order valence-corrected chi connectivity index (χ1v) is 11.2. The molecule has 3 aliphatic rings. The van der Waals surface area contributed by atoms with Gasteiger partial charge in [0, 0.05) is 42.1 Å². The van der Waals surface area contributed by atoms with Crippen molar-refractivity contribution in [1.82, 2.24) is 19.9 Å². The highest BCUT2D eigenvalue weighted by molar-refractivity contribution is 9.10. The zero-order valence-corrected chi connectivity index (χ0v) is 18.3. The number of rotatable bonds is 4. The maximum Gasteiger partial charge on any atom is 0.261 e. The summed E-state index contributed by atoms with van der Waals surface area (Å²) in [7, 11) is 0. The number of amides is 1. The highest BCUT2D eigenvalue weighted by Crippen LogP contribution is 2.29. The number of thiophene rings is 1. The van der Waals surface area contributed by atoms with Crippen LogP contribution >= 0.6 is 27.3 Å². The molecule has 0 aromatic carbocycles. The van der Waals surface area contributed by atoms with E-state index in [-0.39, 0.29) is 12.2 Å². The van der Waals surface area contributed by atoms with Crippen molar-refractivity contribution in [2.45, 2.75) is 24.9 Å². The second-order valence-electron chi connectivity index (χ2n) is 7.01. The zero-order chi connectivity index (χ0) is 21.1. The van der Waals surface area contributed by atoms with Crippen LogP contribution in [0, 0.1) is 0 Å². The quantitative estimate of drug-likeness (QED) is 0.541. The van der Waals surface area contributed by atoms with Gasteiger partial charge in [0.15, 0.2) is 11.9 Å². The molecule has 6 rings (SSSR count). The van der Waals surface area contributed by atoms with Gasteiger partial charge in [-0.3, -0.25) is 4.79 Å². The van der Waals surface area contributed by atoms with Crippen LogP contribution in [0.5, 0.6) is 0 Å². The molecule has 158 valence electrons. The number of hydrogen-bond acceptors (Lipinski definition) is 7. The van der Waals surface area contributed by atoms with Gasteiger partial charge in [0.2, 0.25) is 0 Å². The van der Waals surface area contributed by atoms with Crippen LogP contribution in [-0.4, -0.2) is 58.6 Å². The lowest BCUT2D eigenvalue weighted by atomic mass is 9.93. The number of aldehydes is 1. The monoisotopic (exact) mass is 494 g/mol. The topological polar surface area (TPSA) is 91.6 Å². The summed E-state index contributed by atoms with van der Waals surface area (Å²) in [6.07, 6.45) is 6.07. The fraction of sp³-hybridized carbons (Fsp3) is 0.368. The summed E-state index contributed by atoms with van der Waals surface area (Å²) in [5, 5.41) is 14.6. The second kappa shape index (κ2) is 9.19. The summed E-state index contributed by atoms with van der Waals surface area (Å²) in [4.78, 5) is 28.6. The summed E-state index contributed by atoms with van der Waals surface area (Å²) < 4.78 is 12.9. The van der Waals surface area contributed by atoms with E-state index in [4.69, 9.17) is 9.78 Å². The van der Waals surface area contributed by atoms with E-state index in [1.165, 1.54) is 24.2 Å². The number of piperidine rings is 2. The van der Waals surface area contributed by atoms with Crippen molar-refractivity contribution >= 4 is 56.6 Å². The molecule has 11 heteroatoms. The van der Waals surface area contributed by atoms with Crippen molar-refractivity contribution in [2.75, 3.05) is 30.0 Å². The van der Waals surface area contributed by atoms with Crippen LogP contribution in [0.15, 0.2) is 33.7 Å². The third-order valence-electron chi connectivity index (χ3n) is 5.17. The van der Waals surface area contributed by atoms with Gasteiger partial charge in [-0.2, -0.15) is 5.10 Å². The van der Waals surface area contributed by atoms with E-state index in [2.05, 4.69) is 36.6 Å². The Bertz CT molecular complexity index is 1050. The number of nitrogens with one attached hydrogen (secondary N) is 2. The van der Waals surface area contributed by atoms with Crippen LogP contribution in [0.4, 0.5) is 15.9 Å². The molecular weight excluding hydrogens is 475 g/mol. The van der Waals surface area contributed by atoms with Gasteiger partial charge in [-0.15, -0.1) is 11.3 Å². The van der Waals surface area contributed by atoms with E-state index >= 15 is 0 Å². The number of fused-ring (bicyclic) bond motifs is 4. The van der Waals surface area contributed by atoms with Crippen LogP contribution in [0.1, 0.15) is 23.2 Å². The Balaban J connectivity index is 0.000000503. The molecule has 0 spiro atoms. The van der Waals surface area contributed by atoms with E-state index in [0.29, 0.717) is 23.3 Å². The molecule has 1 amide bonds. The van der Waals surface area contributed by atoms with Crippen molar-refractivity contribution in [3.8, 4) is 0 Å². The van der Waals surface area contributed by atoms with E-state index in [0.717, 1.165) is 29.1 Å². The molecule has 3 aliphatic heterocycles. The van der Waals surface area contributed by atoms with Gasteiger partial charge in [0.05, 0.1) is 16.4 Å². The van der Waals surface area contributed by atoms with Crippen LogP contribution in [-0.2, 0) is 4.79 Å². The molecule has 2 atom stereocenters. The van der Waals surface area contributed by atoms with Gasteiger partial charge in [0.25, 0.3) is 5.91 Å². The zero-order valence-electron chi connectivity index (χ0n) is 15.9. The Morgan fingerprint density at radius 2 is 2.27 bits per heavy atom. The molecule has 8 nitrogen and oxygen atoms in total. The number of nitrogens with zero attached hydrogens (tertiary/aromatic N) is 4. The molecule has 0 saturated carbocycles. The van der Waals surface area contributed by atoms with Gasteiger partial charge in [-0.05, 0) is 34.8 Å². The predicted octanol–water partition coefficient (Wildman–Crippen LogP) is 2.90. The molecule has 0 radical (unpaired) electrons. The number of hydrogen-bond donors (Lipinski definition) is 2. The number of carbonyl (C=O) groups is 2. The molecule has 30 heavy (non-hydrogen) atoms. The average molecular weight is 495 g/mol. The highest BCUT2D eigenvalue weighted by Gasteiger charge is 2.34. The standard InChI is InChI=1S/C17H17BrN6OS.C2H3FO/c18-13-8-26-9-14(13)21-17(25)12-6-20-24-4-3-15(22-16(12)24)23-7-10-1-2-11(23)5-19-10;3-1-2-4/h3-4,6,8-11,19H,1-2,5,7H2,(H,21,25);2H,1H2. The largest absolute Gasteiger partial charge is 0.351 e. The SMILES string of the molecule is O=C(Nc1cscc1Br)c1cnn2ccc(N3CC4CCC3CN4)nc12.O=CCF. The molecule has 2 bridgehead atoms. The van der Waals surface area contributed by atoms with Gasteiger partial charge in [-0.1, -0.05) is 0 Å². The van der Waals surface area contributed by atoms with Crippen molar-refractivity contribution in [1.29, 1.82) is 0 Å². The summed E-state index contributed by atoms with van der Waals surface area (Å²) in [5.41, 5.74) is 1.82. The minimum absolute atomic E-state index is 0.203. The molecule has 3 aromatic heterocycles. The first-order valence-electron chi connectivity index (χ1n) is 9.47. The van der Waals surface area contributed by atoms with Gasteiger partial charge in [-0.25, -0.2) is 13.9 Å². The van der Waals surface area contributed by atoms with Gasteiger partial charge < -0.3 is 20.3 Å². The van der Waals surface area contributed by atoms with Crippen LogP contribution < -0.4 is 15.5 Å². The Labute approximate surface area is 184 Å². The number of alkyl halides is 1. The normalized spacial score (nSPS) is 20.0. The van der Waals surface area contributed by atoms with E-state index in [9.17, 15) is 9.18 Å². The Hall–Kier alpha value is -2.37. The van der Waals surface area contributed by atoms with Crippen LogP contribution in [0.25, 0.3) is 5.65 Å². The van der Waals surface area contributed by atoms with Crippen molar-refractivity contribution in [3.05, 3.63) is 39.3 Å². The first kappa shape index (κ1) is 20.9. The van der Waals surface area contributed by atoms with E-state index in [1.54, 1.807) is 10.7 Å². The van der Waals surface area contributed by atoms with E-state index < -0.39 is 6.67 Å². The molecule has 3 saturated heterocycles. The van der Waals surface area contributed by atoms with Gasteiger partial charge >= 0.3 is 0 Å². The fourth-order valence-corrected chi connectivity index (χ4v) is 5.05. The Morgan fingerprint density at radius 3 is 2.87 bits per heavy atom. The molecule has 0 aliphatic carbocycles. The summed E-state index contributed by atoms with van der Waals surface area (Å²) >= 11 is 4.96. The lowest BCUT2D eigenvalue weighted by molar-refractivity contribution is -0.108. The third kappa shape index (κ3) is 4.23. The fourth-order valence-electron chi connectivity index (χ4n) is 3.73. The minimum atomic E-state index is -0.861. The number of anilines is 2. The predicted molar refractivity (Wildman–Crippen MR) is 117 cm³/mol. The number of carbonyl (C=O) groups excluding carboxylic acids is 2. The Morgan fingerprint density at radius 1 is 1.43 bits per heavy atom. The summed E-state index contributed by atoms with van der Waals surface area (Å²) in [5.74, 6) is 0.713. The minimum Gasteiger partial charge on any atom is -0.351 e. The number of halogens is 2. The number of piperazine rings is 1. The Kier molecular flexibility index (Phi) is 6.40. The molecular formula is C19H20BrFN6O2S. The lowest BCUT2D eigenvalue weighted by Gasteiger charge is -2.46. The maximum absolute atomic E-state index is 12.7. The van der Waals surface area contributed by atoms with Crippen molar-refractivity contribution < 1.29 is 14.0 Å². The third-order valence-corrected chi connectivity index (χ3v) is 6.87.